The summed E-state index contributed by atoms with van der Waals surface area (Å²) in [4.78, 5) is 10.7. The van der Waals surface area contributed by atoms with Crippen LogP contribution < -0.4 is 0 Å². The summed E-state index contributed by atoms with van der Waals surface area (Å²) < 4.78 is 10.7. The first-order valence-electron chi connectivity index (χ1n) is 6.13. The summed E-state index contributed by atoms with van der Waals surface area (Å²) in [5, 5.41) is 17.1. The van der Waals surface area contributed by atoms with Gasteiger partial charge in [-0.2, -0.15) is 5.26 Å². The first kappa shape index (κ1) is 16.6. The zero-order valence-corrected chi connectivity index (χ0v) is 11.0. The number of rotatable bonds is 10. The summed E-state index contributed by atoms with van der Waals surface area (Å²) in [6.45, 7) is 5.34. The summed E-state index contributed by atoms with van der Waals surface area (Å²) in [6, 6.07) is 1.71. The van der Waals surface area contributed by atoms with Gasteiger partial charge in [-0.25, -0.2) is 4.79 Å². The number of carboxylic acid groups (broad SMARTS) is 1. The first-order valence-corrected chi connectivity index (χ1v) is 6.13. The van der Waals surface area contributed by atoms with Crippen LogP contribution in [0.5, 0.6) is 0 Å². The van der Waals surface area contributed by atoms with Crippen LogP contribution in [0.2, 0.25) is 0 Å². The largest absolute Gasteiger partial charge is 0.478 e. The molecule has 0 heterocycles. The molecule has 1 atom stereocenters. The Bertz CT molecular complexity index is 307. The molecule has 5 heteroatoms. The molecule has 0 saturated carbocycles. The van der Waals surface area contributed by atoms with Gasteiger partial charge in [-0.05, 0) is 13.3 Å². The van der Waals surface area contributed by atoms with Crippen molar-refractivity contribution in [3.63, 3.8) is 0 Å². The molecule has 0 bridgehead atoms. The number of nitriles is 1. The molecule has 0 amide bonds. The predicted octanol–water partition coefficient (Wildman–Crippen LogP) is 2.13. The van der Waals surface area contributed by atoms with Gasteiger partial charge in [0, 0.05) is 18.1 Å². The van der Waals surface area contributed by atoms with Gasteiger partial charge in [0.1, 0.15) is 0 Å². The van der Waals surface area contributed by atoms with E-state index in [-0.39, 0.29) is 24.7 Å². The number of nitrogens with zero attached hydrogens (tertiary/aromatic N) is 1. The van der Waals surface area contributed by atoms with Gasteiger partial charge in [0.2, 0.25) is 0 Å². The molecule has 0 radical (unpaired) electrons. The fourth-order valence-electron chi connectivity index (χ4n) is 1.40. The number of allylic oxidation sites excluding steroid dienone is 1. The van der Waals surface area contributed by atoms with Crippen molar-refractivity contribution in [2.45, 2.75) is 39.2 Å². The lowest BCUT2D eigenvalue weighted by Crippen LogP contribution is -2.13. The zero-order chi connectivity index (χ0) is 13.8. The third-order valence-corrected chi connectivity index (χ3v) is 2.35. The molecule has 0 saturated heterocycles. The molecule has 0 aliphatic carbocycles. The van der Waals surface area contributed by atoms with Crippen molar-refractivity contribution < 1.29 is 19.4 Å². The van der Waals surface area contributed by atoms with E-state index in [4.69, 9.17) is 19.8 Å². The van der Waals surface area contributed by atoms with Crippen molar-refractivity contribution in [1.82, 2.24) is 0 Å². The van der Waals surface area contributed by atoms with Gasteiger partial charge in [-0.15, -0.1) is 0 Å². The highest BCUT2D eigenvalue weighted by Crippen LogP contribution is 2.02. The fraction of sp³-hybridized carbons (Fsp3) is 0.692. The second-order valence-corrected chi connectivity index (χ2v) is 3.94. The number of aliphatic carboxylic acids is 1. The second-order valence-electron chi connectivity index (χ2n) is 3.94. The Kier molecular flexibility index (Phi) is 9.93. The minimum Gasteiger partial charge on any atom is -0.478 e. The molecule has 0 spiro atoms. The molecule has 0 aliphatic heterocycles. The van der Waals surface area contributed by atoms with Crippen molar-refractivity contribution in [1.29, 1.82) is 5.26 Å². The van der Waals surface area contributed by atoms with Gasteiger partial charge in [0.15, 0.2) is 0 Å². The third-order valence-electron chi connectivity index (χ3n) is 2.35. The molecule has 1 N–H and O–H groups in total. The maximum atomic E-state index is 10.7. The van der Waals surface area contributed by atoms with Crippen LogP contribution >= 0.6 is 0 Å². The van der Waals surface area contributed by atoms with Gasteiger partial charge < -0.3 is 14.6 Å². The standard InChI is InChI=1S/C13H21NO4/c1-3-4-11(2)18-10-9-17-8-6-12(5-7-14)13(15)16/h5,11H,3-4,6,8-10H2,1-2H3,(H,15,16). The lowest BCUT2D eigenvalue weighted by Gasteiger charge is -2.11. The van der Waals surface area contributed by atoms with Gasteiger partial charge in [-0.1, -0.05) is 13.3 Å². The van der Waals surface area contributed by atoms with Crippen LogP contribution in [0.4, 0.5) is 0 Å². The lowest BCUT2D eigenvalue weighted by atomic mass is 10.2. The molecule has 0 aliphatic rings. The summed E-state index contributed by atoms with van der Waals surface area (Å²) in [7, 11) is 0. The number of carbonyl (C=O) groups is 1. The van der Waals surface area contributed by atoms with E-state index in [1.807, 2.05) is 6.92 Å². The van der Waals surface area contributed by atoms with Gasteiger partial charge in [-0.3, -0.25) is 0 Å². The average Bonchev–Trinajstić information content (AvgIpc) is 2.32. The number of hydrogen-bond donors (Lipinski definition) is 1. The molecular weight excluding hydrogens is 234 g/mol. The van der Waals surface area contributed by atoms with Crippen molar-refractivity contribution in [3.8, 4) is 6.07 Å². The SMILES string of the molecule is CCCC(C)OCCOCCC(=CC#N)C(=O)O. The molecule has 0 aromatic heterocycles. The molecule has 0 fully saturated rings. The van der Waals surface area contributed by atoms with Gasteiger partial charge in [0.25, 0.3) is 0 Å². The summed E-state index contributed by atoms with van der Waals surface area (Å²) >= 11 is 0. The van der Waals surface area contributed by atoms with Crippen LogP contribution in [-0.4, -0.2) is 37.0 Å². The minimum absolute atomic E-state index is 0.0674. The van der Waals surface area contributed by atoms with Crippen LogP contribution in [0, 0.1) is 11.3 Å². The highest BCUT2D eigenvalue weighted by atomic mass is 16.5. The Morgan fingerprint density at radius 1 is 1.44 bits per heavy atom. The third kappa shape index (κ3) is 8.74. The van der Waals surface area contributed by atoms with Crippen molar-refractivity contribution in [2.75, 3.05) is 19.8 Å². The van der Waals surface area contributed by atoms with Crippen LogP contribution in [0.25, 0.3) is 0 Å². The van der Waals surface area contributed by atoms with E-state index in [1.165, 1.54) is 0 Å². The molecule has 0 rings (SSSR count). The minimum atomic E-state index is -1.08. The number of carboxylic acids is 1. The Hall–Kier alpha value is -1.38. The normalized spacial score (nSPS) is 13.1. The Balaban J connectivity index is 3.59. The topological polar surface area (TPSA) is 79.5 Å². The van der Waals surface area contributed by atoms with Gasteiger partial charge >= 0.3 is 5.97 Å². The zero-order valence-electron chi connectivity index (χ0n) is 11.0. The number of hydrogen-bond acceptors (Lipinski definition) is 4. The van der Waals surface area contributed by atoms with E-state index >= 15 is 0 Å². The highest BCUT2D eigenvalue weighted by Gasteiger charge is 2.06. The van der Waals surface area contributed by atoms with Gasteiger partial charge in [0.05, 0.1) is 32.0 Å². The first-order chi connectivity index (χ1) is 8.61. The summed E-state index contributed by atoms with van der Waals surface area (Å²) in [6.07, 6.45) is 3.60. The smallest absolute Gasteiger partial charge is 0.332 e. The molecule has 18 heavy (non-hydrogen) atoms. The van der Waals surface area contributed by atoms with Crippen molar-refractivity contribution in [2.24, 2.45) is 0 Å². The van der Waals surface area contributed by atoms with Crippen LogP contribution in [0.1, 0.15) is 33.1 Å². The van der Waals surface area contributed by atoms with E-state index in [2.05, 4.69) is 6.92 Å². The Morgan fingerprint density at radius 2 is 2.17 bits per heavy atom. The van der Waals surface area contributed by atoms with E-state index in [0.717, 1.165) is 18.9 Å². The maximum Gasteiger partial charge on any atom is 0.332 e. The Morgan fingerprint density at radius 3 is 2.72 bits per heavy atom. The lowest BCUT2D eigenvalue weighted by molar-refractivity contribution is -0.132. The van der Waals surface area contributed by atoms with E-state index in [1.54, 1.807) is 6.07 Å². The molecule has 5 nitrogen and oxygen atoms in total. The maximum absolute atomic E-state index is 10.7. The van der Waals surface area contributed by atoms with Crippen LogP contribution in [-0.2, 0) is 14.3 Å². The van der Waals surface area contributed by atoms with Crippen molar-refractivity contribution >= 4 is 5.97 Å². The van der Waals surface area contributed by atoms with Crippen LogP contribution in [0.15, 0.2) is 11.6 Å². The summed E-state index contributed by atoms with van der Waals surface area (Å²) in [5.41, 5.74) is 0.0674. The highest BCUT2D eigenvalue weighted by molar-refractivity contribution is 5.87. The van der Waals surface area contributed by atoms with Crippen LogP contribution in [0.3, 0.4) is 0 Å². The molecule has 0 aromatic rings. The van der Waals surface area contributed by atoms with Crippen molar-refractivity contribution in [3.05, 3.63) is 11.6 Å². The second kappa shape index (κ2) is 10.8. The van der Waals surface area contributed by atoms with E-state index < -0.39 is 5.97 Å². The summed E-state index contributed by atoms with van der Waals surface area (Å²) in [5.74, 6) is -1.08. The van der Waals surface area contributed by atoms with E-state index in [0.29, 0.717) is 13.2 Å². The Labute approximate surface area is 108 Å². The average molecular weight is 255 g/mol. The predicted molar refractivity (Wildman–Crippen MR) is 67.1 cm³/mol. The molecular formula is C13H21NO4. The van der Waals surface area contributed by atoms with E-state index in [9.17, 15) is 4.79 Å². The number of ether oxygens (including phenoxy) is 2. The monoisotopic (exact) mass is 255 g/mol. The molecule has 0 aromatic carbocycles. The molecule has 102 valence electrons. The quantitative estimate of drug-likeness (QED) is 0.367. The fourth-order valence-corrected chi connectivity index (χ4v) is 1.40. The molecule has 1 unspecified atom stereocenters.